The van der Waals surface area contributed by atoms with Crippen LogP contribution < -0.4 is 10.2 Å². The van der Waals surface area contributed by atoms with Crippen LogP contribution in [0.1, 0.15) is 18.4 Å². The lowest BCUT2D eigenvalue weighted by Crippen LogP contribution is -2.57. The van der Waals surface area contributed by atoms with Gasteiger partial charge in [0.05, 0.1) is 16.6 Å². The lowest BCUT2D eigenvalue weighted by Gasteiger charge is -2.42. The van der Waals surface area contributed by atoms with Gasteiger partial charge in [-0.2, -0.15) is 18.3 Å². The summed E-state index contributed by atoms with van der Waals surface area (Å²) in [6, 6.07) is 11.0. The first-order chi connectivity index (χ1) is 19.0. The number of fused-ring (bicyclic) bond motifs is 1. The van der Waals surface area contributed by atoms with Crippen molar-refractivity contribution in [1.29, 1.82) is 0 Å². The molecule has 0 atom stereocenters. The number of amides is 2. The molecule has 0 unspecified atom stereocenters. The lowest BCUT2D eigenvalue weighted by molar-refractivity contribution is -0.140. The van der Waals surface area contributed by atoms with Crippen LogP contribution in [0.15, 0.2) is 48.7 Å². The highest BCUT2D eigenvalue weighted by atomic mass is 19.4. The van der Waals surface area contributed by atoms with Gasteiger partial charge in [0, 0.05) is 55.6 Å². The molecule has 2 aromatic carbocycles. The number of alkyl halides is 3. The van der Waals surface area contributed by atoms with E-state index in [2.05, 4.69) is 20.3 Å². The van der Waals surface area contributed by atoms with Gasteiger partial charge in [-0.25, -0.2) is 18.6 Å². The number of phenolic OH excluding ortho intramolecular Hbond substituents is 1. The number of urea groups is 1. The Bertz CT molecular complexity index is 1630. The molecule has 2 fully saturated rings. The number of halogens is 5. The molecule has 4 aromatic rings. The number of piperazine rings is 1. The van der Waals surface area contributed by atoms with Gasteiger partial charge in [0.2, 0.25) is 0 Å². The first kappa shape index (κ1) is 25.8. The number of aromatic nitrogens is 3. The van der Waals surface area contributed by atoms with Gasteiger partial charge in [-0.3, -0.25) is 4.68 Å². The number of nitrogens with one attached hydrogen (secondary N) is 1. The fourth-order valence-electron chi connectivity index (χ4n) is 5.29. The first-order valence-electron chi connectivity index (χ1n) is 12.5. The van der Waals surface area contributed by atoms with Crippen molar-refractivity contribution in [2.45, 2.75) is 24.6 Å². The Morgan fingerprint density at radius 3 is 2.48 bits per heavy atom. The number of carbonyl (C=O) groups is 1. The Kier molecular flexibility index (Phi) is 5.86. The third-order valence-electron chi connectivity index (χ3n) is 7.53. The van der Waals surface area contributed by atoms with Gasteiger partial charge in [-0.1, -0.05) is 18.2 Å². The van der Waals surface area contributed by atoms with Crippen molar-refractivity contribution >= 4 is 28.4 Å². The fourth-order valence-corrected chi connectivity index (χ4v) is 5.29. The number of hydrogen-bond donors (Lipinski definition) is 2. The van der Waals surface area contributed by atoms with Crippen molar-refractivity contribution in [3.05, 3.63) is 65.9 Å². The molecule has 1 saturated carbocycles. The minimum Gasteiger partial charge on any atom is -0.503 e. The maximum Gasteiger partial charge on any atom is 0.419 e. The summed E-state index contributed by atoms with van der Waals surface area (Å²) in [7, 11) is 1.54. The van der Waals surface area contributed by atoms with E-state index in [0.717, 1.165) is 12.8 Å². The van der Waals surface area contributed by atoms with Gasteiger partial charge in [0.15, 0.2) is 17.4 Å². The van der Waals surface area contributed by atoms with Crippen LogP contribution in [0.3, 0.4) is 0 Å². The smallest absolute Gasteiger partial charge is 0.419 e. The molecule has 2 aromatic heterocycles. The summed E-state index contributed by atoms with van der Waals surface area (Å²) in [5, 5.41) is 17.1. The van der Waals surface area contributed by atoms with Crippen molar-refractivity contribution in [1.82, 2.24) is 19.7 Å². The second-order valence-corrected chi connectivity index (χ2v) is 10.1. The highest BCUT2D eigenvalue weighted by Gasteiger charge is 2.52. The van der Waals surface area contributed by atoms with Crippen molar-refractivity contribution in [3.63, 3.8) is 0 Å². The molecule has 40 heavy (non-hydrogen) atoms. The highest BCUT2D eigenvalue weighted by Crippen LogP contribution is 2.47. The second-order valence-electron chi connectivity index (χ2n) is 10.1. The van der Waals surface area contributed by atoms with E-state index in [1.54, 1.807) is 18.0 Å². The average Bonchev–Trinajstić information content (AvgIpc) is 3.61. The van der Waals surface area contributed by atoms with E-state index in [0.29, 0.717) is 42.7 Å². The summed E-state index contributed by atoms with van der Waals surface area (Å²) < 4.78 is 70.2. The van der Waals surface area contributed by atoms with E-state index >= 15 is 0 Å². The molecular weight excluding hydrogens is 535 g/mol. The molecule has 0 radical (unpaired) electrons. The van der Waals surface area contributed by atoms with Gasteiger partial charge in [-0.15, -0.1) is 0 Å². The molecule has 1 spiro atoms. The standard InChI is InChI=1S/C27H23F5N6O2/c1-36-19-12-20(38-10-9-37(14-26(38)7-8-26)25(40)34-15-5-3-2-4-6-15)33-13-17(19)23(35-36)16-11-18(27(30,31)32)22(29)24(39)21(16)28/h2-6,11-13,39H,7-10,14H2,1H3,(H,34,40). The van der Waals surface area contributed by atoms with Crippen LogP contribution in [0.25, 0.3) is 22.2 Å². The summed E-state index contributed by atoms with van der Waals surface area (Å²) in [5.41, 5.74) is -1.84. The van der Waals surface area contributed by atoms with E-state index < -0.39 is 34.7 Å². The number of pyridine rings is 1. The Labute approximate surface area is 224 Å². The highest BCUT2D eigenvalue weighted by molar-refractivity contribution is 5.94. The molecule has 2 aliphatic rings. The second kappa shape index (κ2) is 9.07. The number of aromatic hydroxyl groups is 1. The molecule has 0 bridgehead atoms. The molecule has 6 rings (SSSR count). The van der Waals surface area contributed by atoms with Crippen LogP contribution in [0.4, 0.5) is 38.3 Å². The van der Waals surface area contributed by atoms with Crippen LogP contribution in [0.5, 0.6) is 5.75 Å². The minimum atomic E-state index is -5.15. The summed E-state index contributed by atoms with van der Waals surface area (Å²) in [5.74, 6) is -4.77. The molecule has 2 N–H and O–H groups in total. The zero-order valence-corrected chi connectivity index (χ0v) is 21.1. The number of nitrogens with zero attached hydrogens (tertiary/aromatic N) is 5. The Morgan fingerprint density at radius 2 is 1.80 bits per heavy atom. The van der Waals surface area contributed by atoms with Crippen LogP contribution in [-0.4, -0.2) is 56.0 Å². The van der Waals surface area contributed by atoms with E-state index in [-0.39, 0.29) is 22.7 Å². The fraction of sp³-hybridized carbons (Fsp3) is 0.296. The first-order valence-corrected chi connectivity index (χ1v) is 12.5. The van der Waals surface area contributed by atoms with Crippen molar-refractivity contribution in [2.75, 3.05) is 29.9 Å². The normalized spacial score (nSPS) is 16.6. The quantitative estimate of drug-likeness (QED) is 0.323. The summed E-state index contributed by atoms with van der Waals surface area (Å²) in [4.78, 5) is 21.3. The average molecular weight is 559 g/mol. The third-order valence-corrected chi connectivity index (χ3v) is 7.53. The van der Waals surface area contributed by atoms with E-state index in [4.69, 9.17) is 0 Å². The number of benzene rings is 2. The summed E-state index contributed by atoms with van der Waals surface area (Å²) in [6.07, 6.45) is -2.08. The zero-order valence-electron chi connectivity index (χ0n) is 21.1. The predicted molar refractivity (Wildman–Crippen MR) is 137 cm³/mol. The van der Waals surface area contributed by atoms with Crippen molar-refractivity contribution in [2.24, 2.45) is 7.05 Å². The van der Waals surface area contributed by atoms with Gasteiger partial charge < -0.3 is 20.2 Å². The van der Waals surface area contributed by atoms with E-state index in [1.165, 1.54) is 10.9 Å². The summed E-state index contributed by atoms with van der Waals surface area (Å²) >= 11 is 0. The molecule has 1 saturated heterocycles. The zero-order chi connectivity index (χ0) is 28.4. The maximum absolute atomic E-state index is 14.8. The van der Waals surface area contributed by atoms with Gasteiger partial charge >= 0.3 is 12.2 Å². The topological polar surface area (TPSA) is 86.5 Å². The summed E-state index contributed by atoms with van der Waals surface area (Å²) in [6.45, 7) is 1.43. The molecular formula is C27H23F5N6O2. The number of para-hydroxylation sites is 1. The largest absolute Gasteiger partial charge is 0.503 e. The van der Waals surface area contributed by atoms with E-state index in [9.17, 15) is 31.9 Å². The van der Waals surface area contributed by atoms with Gasteiger partial charge in [0.25, 0.3) is 0 Å². The monoisotopic (exact) mass is 558 g/mol. The molecule has 8 nitrogen and oxygen atoms in total. The molecule has 1 aliphatic carbocycles. The van der Waals surface area contributed by atoms with Crippen LogP contribution in [-0.2, 0) is 13.2 Å². The van der Waals surface area contributed by atoms with Crippen LogP contribution in [0, 0.1) is 11.6 Å². The maximum atomic E-state index is 14.8. The van der Waals surface area contributed by atoms with Crippen LogP contribution >= 0.6 is 0 Å². The molecule has 2 amide bonds. The number of phenols is 1. The number of hydrogen-bond acceptors (Lipinski definition) is 5. The van der Waals surface area contributed by atoms with Crippen molar-refractivity contribution < 1.29 is 31.9 Å². The molecule has 208 valence electrons. The van der Waals surface area contributed by atoms with E-state index in [1.807, 2.05) is 30.3 Å². The number of aryl methyl sites for hydroxylation is 1. The molecule has 13 heteroatoms. The van der Waals surface area contributed by atoms with Gasteiger partial charge in [-0.05, 0) is 31.0 Å². The molecule has 1 aliphatic heterocycles. The van der Waals surface area contributed by atoms with Crippen LogP contribution in [0.2, 0.25) is 0 Å². The lowest BCUT2D eigenvalue weighted by atomic mass is 10.0. The van der Waals surface area contributed by atoms with Crippen molar-refractivity contribution in [3.8, 4) is 17.0 Å². The number of rotatable bonds is 3. The van der Waals surface area contributed by atoms with Gasteiger partial charge in [0.1, 0.15) is 11.5 Å². The molecule has 3 heterocycles. The third kappa shape index (κ3) is 4.25. The SMILES string of the molecule is Cn1nc(-c2cc(C(F)(F)F)c(F)c(O)c2F)c2cnc(N3CCN(C(=O)Nc4ccccc4)CC34CC4)cc21. The Morgan fingerprint density at radius 1 is 1.07 bits per heavy atom. The Balaban J connectivity index is 1.30. The Hall–Kier alpha value is -4.42. The predicted octanol–water partition coefficient (Wildman–Crippen LogP) is 5.52. The number of carbonyl (C=O) groups excluding carboxylic acids is 1. The minimum absolute atomic E-state index is 0.195. The number of anilines is 2.